The second kappa shape index (κ2) is 6.21. The van der Waals surface area contributed by atoms with Gasteiger partial charge in [-0.3, -0.25) is 0 Å². The molecule has 0 fully saturated rings. The van der Waals surface area contributed by atoms with E-state index in [-0.39, 0.29) is 22.1 Å². The largest absolute Gasteiger partial charge is 0.337 e. The second-order valence-corrected chi connectivity index (χ2v) is 4.49. The highest BCUT2D eigenvalue weighted by molar-refractivity contribution is 6.33. The van der Waals surface area contributed by atoms with Crippen LogP contribution in [0.2, 0.25) is 5.02 Å². The summed E-state index contributed by atoms with van der Waals surface area (Å²) in [5.41, 5.74) is 1.34. The number of H-pyrrole nitrogens is 1. The highest BCUT2D eigenvalue weighted by Crippen LogP contribution is 2.30. The van der Waals surface area contributed by atoms with Crippen LogP contribution in [-0.2, 0) is 0 Å². The molecule has 1 heterocycles. The van der Waals surface area contributed by atoms with Gasteiger partial charge in [0, 0.05) is 5.57 Å². The maximum absolute atomic E-state index is 13.9. The molecule has 0 saturated heterocycles. The smallest absolute Gasteiger partial charge is 0.166 e. The Kier molecular flexibility index (Phi) is 4.36. The molecule has 3 nitrogen and oxygen atoms in total. The van der Waals surface area contributed by atoms with Crippen LogP contribution >= 0.6 is 11.6 Å². The number of hydrogen-bond acceptors (Lipinski definition) is 2. The van der Waals surface area contributed by atoms with Gasteiger partial charge >= 0.3 is 0 Å². The molecule has 0 aliphatic rings. The topological polar surface area (TPSA) is 52.5 Å². The van der Waals surface area contributed by atoms with Crippen LogP contribution in [0.25, 0.3) is 17.0 Å². The number of aromatic amines is 1. The minimum absolute atomic E-state index is 0.129. The lowest BCUT2D eigenvalue weighted by atomic mass is 10.1. The molecule has 104 valence electrons. The molecular formula is C16H11ClFN3. The number of aromatic nitrogens is 2. The molecule has 0 spiro atoms. The van der Waals surface area contributed by atoms with Crippen LogP contribution in [0.5, 0.6) is 0 Å². The van der Waals surface area contributed by atoms with Gasteiger partial charge < -0.3 is 4.98 Å². The first-order chi connectivity index (χ1) is 10.1. The van der Waals surface area contributed by atoms with Crippen LogP contribution in [0.3, 0.4) is 0 Å². The van der Waals surface area contributed by atoms with Crippen LogP contribution in [-0.4, -0.2) is 9.97 Å². The maximum atomic E-state index is 13.9. The Morgan fingerprint density at radius 1 is 1.43 bits per heavy atom. The van der Waals surface area contributed by atoms with E-state index in [9.17, 15) is 9.65 Å². The third-order valence-electron chi connectivity index (χ3n) is 2.82. The monoisotopic (exact) mass is 299 g/mol. The van der Waals surface area contributed by atoms with E-state index in [4.69, 9.17) is 11.6 Å². The van der Waals surface area contributed by atoms with Crippen LogP contribution in [0.15, 0.2) is 49.6 Å². The molecule has 0 unspecified atom stereocenters. The van der Waals surface area contributed by atoms with Gasteiger partial charge in [0.2, 0.25) is 0 Å². The summed E-state index contributed by atoms with van der Waals surface area (Å²) in [5, 5.41) is 9.40. The summed E-state index contributed by atoms with van der Waals surface area (Å²) in [6, 6.07) is 6.31. The van der Waals surface area contributed by atoms with Crippen molar-refractivity contribution in [2.24, 2.45) is 0 Å². The Hall–Kier alpha value is -2.64. The Bertz CT molecular complexity index is 761. The van der Waals surface area contributed by atoms with Crippen molar-refractivity contribution < 1.29 is 4.39 Å². The second-order valence-electron chi connectivity index (χ2n) is 4.08. The van der Waals surface area contributed by atoms with E-state index in [1.165, 1.54) is 12.1 Å². The number of imidazole rings is 1. The summed E-state index contributed by atoms with van der Waals surface area (Å²) < 4.78 is 13.9. The first-order valence-corrected chi connectivity index (χ1v) is 6.40. The minimum Gasteiger partial charge on any atom is -0.337 e. The molecule has 0 aliphatic heterocycles. The molecule has 0 amide bonds. The molecule has 0 bridgehead atoms. The van der Waals surface area contributed by atoms with E-state index in [1.807, 2.05) is 6.07 Å². The molecule has 2 aromatic rings. The number of benzene rings is 1. The van der Waals surface area contributed by atoms with Crippen molar-refractivity contribution >= 4 is 17.2 Å². The fourth-order valence-electron chi connectivity index (χ4n) is 1.89. The van der Waals surface area contributed by atoms with Gasteiger partial charge in [0.05, 0.1) is 16.3 Å². The predicted octanol–water partition coefficient (Wildman–Crippen LogP) is 4.50. The SMILES string of the molecule is C=C/C=C(\C=C)c1[nH]c(-c2c(F)cccc2Cl)nc1C#N. The van der Waals surface area contributed by atoms with Crippen LogP contribution in [0, 0.1) is 17.1 Å². The maximum Gasteiger partial charge on any atom is 0.166 e. The zero-order valence-electron chi connectivity index (χ0n) is 11.0. The Balaban J connectivity index is 2.67. The van der Waals surface area contributed by atoms with Gasteiger partial charge in [0.25, 0.3) is 0 Å². The average Bonchev–Trinajstić information content (AvgIpc) is 2.88. The zero-order valence-corrected chi connectivity index (χ0v) is 11.8. The van der Waals surface area contributed by atoms with Crippen LogP contribution in [0.1, 0.15) is 11.4 Å². The normalized spacial score (nSPS) is 11.0. The van der Waals surface area contributed by atoms with Gasteiger partial charge in [-0.15, -0.1) is 0 Å². The van der Waals surface area contributed by atoms with Crippen molar-refractivity contribution in [2.45, 2.75) is 0 Å². The lowest BCUT2D eigenvalue weighted by molar-refractivity contribution is 0.630. The third kappa shape index (κ3) is 2.78. The van der Waals surface area contributed by atoms with Gasteiger partial charge in [-0.25, -0.2) is 9.37 Å². The molecule has 2 rings (SSSR count). The molecule has 1 aromatic heterocycles. The minimum atomic E-state index is -0.514. The van der Waals surface area contributed by atoms with E-state index >= 15 is 0 Å². The molecule has 0 aliphatic carbocycles. The third-order valence-corrected chi connectivity index (χ3v) is 3.13. The van der Waals surface area contributed by atoms with Gasteiger partial charge in [0.1, 0.15) is 17.7 Å². The van der Waals surface area contributed by atoms with E-state index in [0.29, 0.717) is 11.3 Å². The van der Waals surface area contributed by atoms with Gasteiger partial charge in [-0.05, 0) is 12.1 Å². The Labute approximate surface area is 126 Å². The molecule has 1 aromatic carbocycles. The summed E-state index contributed by atoms with van der Waals surface area (Å²) in [6.45, 7) is 7.28. The lowest BCUT2D eigenvalue weighted by Gasteiger charge is -2.02. The van der Waals surface area contributed by atoms with E-state index in [1.54, 1.807) is 24.3 Å². The van der Waals surface area contributed by atoms with Gasteiger partial charge in [-0.1, -0.05) is 49.1 Å². The summed E-state index contributed by atoms with van der Waals surface area (Å²) in [5.74, 6) is -0.318. The van der Waals surface area contributed by atoms with Crippen molar-refractivity contribution in [1.82, 2.24) is 9.97 Å². The van der Waals surface area contributed by atoms with Crippen molar-refractivity contribution in [3.8, 4) is 17.5 Å². The molecule has 0 atom stereocenters. The Morgan fingerprint density at radius 2 is 2.19 bits per heavy atom. The molecule has 21 heavy (non-hydrogen) atoms. The summed E-state index contributed by atoms with van der Waals surface area (Å²) >= 11 is 6.01. The molecule has 5 heteroatoms. The fraction of sp³-hybridized carbons (Fsp3) is 0. The molecular weight excluding hydrogens is 289 g/mol. The summed E-state index contributed by atoms with van der Waals surface area (Å²) in [7, 11) is 0. The number of hydrogen-bond donors (Lipinski definition) is 1. The number of rotatable bonds is 4. The van der Waals surface area contributed by atoms with E-state index in [2.05, 4.69) is 23.1 Å². The number of nitrogens with one attached hydrogen (secondary N) is 1. The number of nitrogens with zero attached hydrogens (tertiary/aromatic N) is 2. The van der Waals surface area contributed by atoms with Gasteiger partial charge in [-0.2, -0.15) is 5.26 Å². The predicted molar refractivity (Wildman–Crippen MR) is 82.1 cm³/mol. The first kappa shape index (κ1) is 14.8. The lowest BCUT2D eigenvalue weighted by Crippen LogP contribution is -1.88. The quantitative estimate of drug-likeness (QED) is 0.845. The molecule has 0 radical (unpaired) electrons. The highest BCUT2D eigenvalue weighted by atomic mass is 35.5. The highest BCUT2D eigenvalue weighted by Gasteiger charge is 2.17. The summed E-state index contributed by atoms with van der Waals surface area (Å²) in [6.07, 6.45) is 4.80. The zero-order chi connectivity index (χ0) is 15.4. The van der Waals surface area contributed by atoms with Crippen molar-refractivity contribution in [3.63, 3.8) is 0 Å². The Morgan fingerprint density at radius 3 is 2.76 bits per heavy atom. The van der Waals surface area contributed by atoms with Crippen molar-refractivity contribution in [1.29, 1.82) is 5.26 Å². The van der Waals surface area contributed by atoms with Crippen LogP contribution in [0.4, 0.5) is 4.39 Å². The summed E-state index contributed by atoms with van der Waals surface area (Å²) in [4.78, 5) is 7.03. The van der Waals surface area contributed by atoms with E-state index < -0.39 is 5.82 Å². The number of halogens is 2. The first-order valence-electron chi connectivity index (χ1n) is 6.02. The van der Waals surface area contributed by atoms with Crippen molar-refractivity contribution in [3.05, 3.63) is 71.8 Å². The van der Waals surface area contributed by atoms with Gasteiger partial charge in [0.15, 0.2) is 5.69 Å². The molecule has 1 N–H and O–H groups in total. The fourth-order valence-corrected chi connectivity index (χ4v) is 2.14. The van der Waals surface area contributed by atoms with Crippen molar-refractivity contribution in [2.75, 3.05) is 0 Å². The number of nitriles is 1. The number of allylic oxidation sites excluding steroid dienone is 4. The standard InChI is InChI=1S/C16H11ClFN3/c1-3-6-10(4-2)15-13(9-19)20-16(21-15)14-11(17)7-5-8-12(14)18/h3-8H,1-2H2,(H,20,21)/b10-6+. The van der Waals surface area contributed by atoms with E-state index in [0.717, 1.165) is 0 Å². The molecule has 0 saturated carbocycles. The van der Waals surface area contributed by atoms with Crippen LogP contribution < -0.4 is 0 Å². The average molecular weight is 300 g/mol.